The lowest BCUT2D eigenvalue weighted by Crippen LogP contribution is -2.50. The second-order valence-corrected chi connectivity index (χ2v) is 12.0. The maximum absolute atomic E-state index is 13.6. The number of likely N-dealkylation sites (tertiary alicyclic amines) is 1. The van der Waals surface area contributed by atoms with Gasteiger partial charge in [0.2, 0.25) is 11.9 Å². The second-order valence-electron chi connectivity index (χ2n) is 11.1. The van der Waals surface area contributed by atoms with Crippen molar-refractivity contribution in [3.8, 4) is 10.4 Å². The third-order valence-corrected chi connectivity index (χ3v) is 9.54. The zero-order valence-corrected chi connectivity index (χ0v) is 23.8. The number of thiophene rings is 1. The van der Waals surface area contributed by atoms with Gasteiger partial charge in [-0.3, -0.25) is 18.8 Å². The molecule has 0 saturated carbocycles. The number of aryl methyl sites for hydroxylation is 1. The van der Waals surface area contributed by atoms with Gasteiger partial charge in [-0.15, -0.1) is 16.4 Å². The number of carbonyl (C=O) groups is 1. The van der Waals surface area contributed by atoms with E-state index >= 15 is 0 Å². The standard InChI is InChI=1S/C29H31F3N6O3S/c1-33-21-5-4-17-2-3-18(12-19(17)21)26-25-20(14-42-26)28(40)37(16-34-25)15-29(41)7-10-36(11-8-29)24(39)13-22(27(31)32)38-9-6-23(30)35-38/h2-3,6,9,12,14,16,21-22,27,33,41H,4-5,7-8,10-11,13,15H2,1H3. The summed E-state index contributed by atoms with van der Waals surface area (Å²) in [5.41, 5.74) is 2.72. The molecule has 1 aliphatic heterocycles. The maximum atomic E-state index is 13.6. The predicted molar refractivity (Wildman–Crippen MR) is 152 cm³/mol. The molecule has 1 saturated heterocycles. The lowest BCUT2D eigenvalue weighted by atomic mass is 9.91. The van der Waals surface area contributed by atoms with E-state index < -0.39 is 36.3 Å². The first-order valence-corrected chi connectivity index (χ1v) is 14.8. The topological polar surface area (TPSA) is 105 Å². The molecule has 2 N–H and O–H groups in total. The van der Waals surface area contributed by atoms with Gasteiger partial charge >= 0.3 is 0 Å². The fraction of sp³-hybridized carbons (Fsp3) is 0.448. The van der Waals surface area contributed by atoms with Gasteiger partial charge in [0.25, 0.3) is 12.0 Å². The summed E-state index contributed by atoms with van der Waals surface area (Å²) in [5.74, 6) is -1.43. The van der Waals surface area contributed by atoms with Crippen LogP contribution in [0, 0.1) is 5.95 Å². The van der Waals surface area contributed by atoms with Gasteiger partial charge in [-0.2, -0.15) is 4.39 Å². The molecule has 222 valence electrons. The highest BCUT2D eigenvalue weighted by Crippen LogP contribution is 2.38. The highest BCUT2D eigenvalue weighted by molar-refractivity contribution is 7.15. The number of amides is 1. The lowest BCUT2D eigenvalue weighted by molar-refractivity contribution is -0.138. The fourth-order valence-electron chi connectivity index (χ4n) is 6.08. The molecule has 2 unspecified atom stereocenters. The van der Waals surface area contributed by atoms with E-state index in [9.17, 15) is 27.9 Å². The number of nitrogens with one attached hydrogen (secondary N) is 1. The Hall–Kier alpha value is -3.55. The molecule has 0 bridgehead atoms. The highest BCUT2D eigenvalue weighted by Gasteiger charge is 2.36. The summed E-state index contributed by atoms with van der Waals surface area (Å²) in [6.45, 7) is 0.270. The first-order chi connectivity index (χ1) is 20.2. The van der Waals surface area contributed by atoms with Gasteiger partial charge in [-0.25, -0.2) is 13.8 Å². The van der Waals surface area contributed by atoms with Crippen LogP contribution in [0.15, 0.2) is 47.0 Å². The van der Waals surface area contributed by atoms with Gasteiger partial charge in [0, 0.05) is 36.8 Å². The summed E-state index contributed by atoms with van der Waals surface area (Å²) in [6.07, 6.45) is 1.50. The van der Waals surface area contributed by atoms with E-state index in [4.69, 9.17) is 0 Å². The summed E-state index contributed by atoms with van der Waals surface area (Å²) in [4.78, 5) is 33.1. The number of benzene rings is 1. The number of fused-ring (bicyclic) bond motifs is 2. The first kappa shape index (κ1) is 28.6. The van der Waals surface area contributed by atoms with Gasteiger partial charge in [-0.1, -0.05) is 12.1 Å². The van der Waals surface area contributed by atoms with Gasteiger partial charge in [0.1, 0.15) is 6.04 Å². The molecule has 4 aromatic rings. The molecular weight excluding hydrogens is 569 g/mol. The Kier molecular flexibility index (Phi) is 7.66. The van der Waals surface area contributed by atoms with Crippen molar-refractivity contribution in [3.63, 3.8) is 0 Å². The maximum Gasteiger partial charge on any atom is 0.262 e. The fourth-order valence-corrected chi connectivity index (χ4v) is 7.07. The molecule has 4 heterocycles. The van der Waals surface area contributed by atoms with Gasteiger partial charge in [-0.05, 0) is 55.5 Å². The van der Waals surface area contributed by atoms with E-state index in [-0.39, 0.29) is 38.0 Å². The third kappa shape index (κ3) is 5.36. The minimum Gasteiger partial charge on any atom is -0.388 e. The molecule has 42 heavy (non-hydrogen) atoms. The van der Waals surface area contributed by atoms with Crippen LogP contribution in [-0.4, -0.2) is 67.4 Å². The number of halogens is 3. The molecule has 0 spiro atoms. The normalized spacial score (nSPS) is 19.0. The molecule has 9 nitrogen and oxygen atoms in total. The molecule has 3 aromatic heterocycles. The Morgan fingerprint density at radius 2 is 2.05 bits per heavy atom. The Morgan fingerprint density at radius 3 is 2.74 bits per heavy atom. The molecule has 1 aromatic carbocycles. The Balaban J connectivity index is 1.14. The van der Waals surface area contributed by atoms with Crippen molar-refractivity contribution in [3.05, 3.63) is 69.6 Å². The molecule has 6 rings (SSSR count). The number of aliphatic hydroxyl groups is 1. The van der Waals surface area contributed by atoms with E-state index in [0.29, 0.717) is 16.9 Å². The van der Waals surface area contributed by atoms with Crippen molar-refractivity contribution < 1.29 is 23.1 Å². The third-order valence-electron chi connectivity index (χ3n) is 8.52. The quantitative estimate of drug-likeness (QED) is 0.318. The zero-order valence-electron chi connectivity index (χ0n) is 23.0. The van der Waals surface area contributed by atoms with Gasteiger partial charge < -0.3 is 15.3 Å². The number of rotatable bonds is 8. The Morgan fingerprint density at radius 1 is 1.26 bits per heavy atom. The SMILES string of the molecule is CNC1CCc2ccc(-c3scc4c(=O)n(CC5(O)CCN(C(=O)CC(C(F)F)n6ccc(F)n6)CC5)cnc34)cc21. The number of hydrogen-bond donors (Lipinski definition) is 2. The minimum absolute atomic E-state index is 0.00307. The van der Waals surface area contributed by atoms with Crippen LogP contribution in [0.3, 0.4) is 0 Å². The van der Waals surface area contributed by atoms with Gasteiger partial charge in [0.05, 0.1) is 40.7 Å². The van der Waals surface area contributed by atoms with Crippen LogP contribution >= 0.6 is 11.3 Å². The molecule has 2 aliphatic rings. The largest absolute Gasteiger partial charge is 0.388 e. The van der Waals surface area contributed by atoms with Crippen LogP contribution in [-0.2, 0) is 17.8 Å². The second kappa shape index (κ2) is 11.3. The average Bonchev–Trinajstić information content (AvgIpc) is 3.71. The molecule has 13 heteroatoms. The summed E-state index contributed by atoms with van der Waals surface area (Å²) < 4.78 is 42.6. The monoisotopic (exact) mass is 600 g/mol. The van der Waals surface area contributed by atoms with Crippen LogP contribution in [0.25, 0.3) is 21.3 Å². The first-order valence-electron chi connectivity index (χ1n) is 13.9. The summed E-state index contributed by atoms with van der Waals surface area (Å²) in [6, 6.07) is 6.08. The Labute approximate surface area is 243 Å². The molecule has 1 amide bonds. The van der Waals surface area contributed by atoms with Crippen molar-refractivity contribution in [2.45, 2.75) is 62.8 Å². The number of hydrogen-bond acceptors (Lipinski definition) is 7. The van der Waals surface area contributed by atoms with Crippen molar-refractivity contribution in [2.24, 2.45) is 0 Å². The van der Waals surface area contributed by atoms with Crippen LogP contribution in [0.1, 0.15) is 48.9 Å². The average molecular weight is 601 g/mol. The molecule has 1 fully saturated rings. The van der Waals surface area contributed by atoms with E-state index in [1.165, 1.54) is 38.3 Å². The molecule has 0 radical (unpaired) electrons. The number of piperidine rings is 1. The lowest BCUT2D eigenvalue weighted by Gasteiger charge is -2.38. The van der Waals surface area contributed by atoms with Crippen LogP contribution in [0.2, 0.25) is 0 Å². The van der Waals surface area contributed by atoms with E-state index in [1.807, 2.05) is 7.05 Å². The van der Waals surface area contributed by atoms with Crippen LogP contribution in [0.4, 0.5) is 13.2 Å². The van der Waals surface area contributed by atoms with E-state index in [0.717, 1.165) is 40.2 Å². The Bertz CT molecular complexity index is 1680. The highest BCUT2D eigenvalue weighted by atomic mass is 32.1. The number of aromatic nitrogens is 4. The number of nitrogens with zero attached hydrogens (tertiary/aromatic N) is 5. The predicted octanol–water partition coefficient (Wildman–Crippen LogP) is 3.92. The molecular formula is C29H31F3N6O3S. The molecule has 1 aliphatic carbocycles. The summed E-state index contributed by atoms with van der Waals surface area (Å²) in [5, 5.41) is 20.3. The molecule has 2 atom stereocenters. The van der Waals surface area contributed by atoms with Crippen molar-refractivity contribution >= 4 is 28.1 Å². The smallest absolute Gasteiger partial charge is 0.262 e. The van der Waals surface area contributed by atoms with Crippen molar-refractivity contribution in [1.29, 1.82) is 0 Å². The summed E-state index contributed by atoms with van der Waals surface area (Å²) >= 11 is 1.46. The van der Waals surface area contributed by atoms with Crippen molar-refractivity contribution in [1.82, 2.24) is 29.5 Å². The van der Waals surface area contributed by atoms with Crippen LogP contribution < -0.4 is 10.9 Å². The number of carbonyl (C=O) groups excluding carboxylic acids is 1. The van der Waals surface area contributed by atoms with Crippen LogP contribution in [0.5, 0.6) is 0 Å². The summed E-state index contributed by atoms with van der Waals surface area (Å²) in [7, 11) is 1.96. The van der Waals surface area contributed by atoms with E-state index in [2.05, 4.69) is 33.6 Å². The van der Waals surface area contributed by atoms with Crippen molar-refractivity contribution in [2.75, 3.05) is 20.1 Å². The number of alkyl halides is 2. The van der Waals surface area contributed by atoms with E-state index in [1.54, 1.807) is 5.38 Å². The van der Waals surface area contributed by atoms with Gasteiger partial charge in [0.15, 0.2) is 0 Å². The minimum atomic E-state index is -2.91. The zero-order chi connectivity index (χ0) is 29.6.